The fourth-order valence-electron chi connectivity index (χ4n) is 1.71. The van der Waals surface area contributed by atoms with Crippen LogP contribution < -0.4 is 10.6 Å². The summed E-state index contributed by atoms with van der Waals surface area (Å²) < 4.78 is 0. The molecule has 3 heteroatoms. The molecule has 1 aromatic rings. The van der Waals surface area contributed by atoms with Crippen molar-refractivity contribution >= 4 is 5.91 Å². The molecule has 1 fully saturated rings. The fourth-order valence-corrected chi connectivity index (χ4v) is 1.71. The van der Waals surface area contributed by atoms with Gasteiger partial charge >= 0.3 is 0 Å². The van der Waals surface area contributed by atoms with Gasteiger partial charge in [-0.1, -0.05) is 30.3 Å². The van der Waals surface area contributed by atoms with Crippen molar-refractivity contribution in [1.29, 1.82) is 0 Å². The first kappa shape index (κ1) is 9.21. The molecule has 0 radical (unpaired) electrons. The molecule has 1 aliphatic heterocycles. The number of benzene rings is 1. The summed E-state index contributed by atoms with van der Waals surface area (Å²) in [6, 6.07) is 9.85. The van der Waals surface area contributed by atoms with Crippen molar-refractivity contribution in [2.45, 2.75) is 19.0 Å². The highest BCUT2D eigenvalue weighted by molar-refractivity contribution is 5.84. The van der Waals surface area contributed by atoms with Gasteiger partial charge < -0.3 is 5.32 Å². The molecule has 1 aromatic carbocycles. The van der Waals surface area contributed by atoms with Crippen LogP contribution in [0, 0.1) is 0 Å². The molecule has 2 atom stereocenters. The molecule has 1 amide bonds. The molecule has 74 valence electrons. The fraction of sp³-hybridized carbons (Fsp3) is 0.364. The maximum atomic E-state index is 11.7. The average Bonchev–Trinajstić information content (AvgIpc) is 2.19. The van der Waals surface area contributed by atoms with Gasteiger partial charge in [-0.25, -0.2) is 0 Å². The van der Waals surface area contributed by atoms with E-state index in [0.29, 0.717) is 0 Å². The van der Waals surface area contributed by atoms with Crippen LogP contribution in [0.25, 0.3) is 0 Å². The number of rotatable bonds is 1. The predicted molar refractivity (Wildman–Crippen MR) is 54.8 cm³/mol. The molecular weight excluding hydrogens is 176 g/mol. The molecule has 0 bridgehead atoms. The number of hydrogen-bond donors (Lipinski definition) is 2. The highest BCUT2D eigenvalue weighted by Gasteiger charge is 2.26. The van der Waals surface area contributed by atoms with Gasteiger partial charge in [-0.05, 0) is 12.5 Å². The van der Waals surface area contributed by atoms with Crippen molar-refractivity contribution in [3.8, 4) is 0 Å². The largest absolute Gasteiger partial charge is 0.340 e. The second kappa shape index (κ2) is 3.80. The minimum Gasteiger partial charge on any atom is -0.340 e. The van der Waals surface area contributed by atoms with Gasteiger partial charge in [0.2, 0.25) is 5.91 Å². The van der Waals surface area contributed by atoms with E-state index in [1.807, 2.05) is 37.3 Å². The molecule has 2 N–H and O–H groups in total. The van der Waals surface area contributed by atoms with Gasteiger partial charge in [-0.3, -0.25) is 10.1 Å². The van der Waals surface area contributed by atoms with Crippen LogP contribution in [0.5, 0.6) is 0 Å². The van der Waals surface area contributed by atoms with E-state index < -0.39 is 0 Å². The van der Waals surface area contributed by atoms with E-state index in [4.69, 9.17) is 0 Å². The molecule has 14 heavy (non-hydrogen) atoms. The van der Waals surface area contributed by atoms with Crippen molar-refractivity contribution in [2.24, 2.45) is 0 Å². The first-order valence-electron chi connectivity index (χ1n) is 4.86. The smallest absolute Gasteiger partial charge is 0.230 e. The Morgan fingerprint density at radius 2 is 2.00 bits per heavy atom. The Morgan fingerprint density at radius 1 is 1.29 bits per heavy atom. The molecule has 0 aromatic heterocycles. The molecule has 1 saturated heterocycles. The van der Waals surface area contributed by atoms with E-state index >= 15 is 0 Å². The standard InChI is InChI=1S/C11H14N2O/c1-8-12-7-10(11(14)13-8)9-5-3-2-4-6-9/h2-6,8,10,12H,7H2,1H3,(H,13,14). The monoisotopic (exact) mass is 190 g/mol. The van der Waals surface area contributed by atoms with Gasteiger partial charge in [0.25, 0.3) is 0 Å². The molecule has 2 rings (SSSR count). The van der Waals surface area contributed by atoms with Crippen molar-refractivity contribution < 1.29 is 4.79 Å². The first-order valence-corrected chi connectivity index (χ1v) is 4.86. The van der Waals surface area contributed by atoms with Crippen LogP contribution in [0.15, 0.2) is 30.3 Å². The number of amides is 1. The Kier molecular flexibility index (Phi) is 2.50. The topological polar surface area (TPSA) is 41.1 Å². The lowest BCUT2D eigenvalue weighted by atomic mass is 9.96. The molecule has 1 heterocycles. The van der Waals surface area contributed by atoms with Crippen molar-refractivity contribution in [3.05, 3.63) is 35.9 Å². The Labute approximate surface area is 83.5 Å². The third-order valence-corrected chi connectivity index (χ3v) is 2.51. The highest BCUT2D eigenvalue weighted by Crippen LogP contribution is 2.17. The van der Waals surface area contributed by atoms with Gasteiger partial charge in [0, 0.05) is 6.54 Å². The maximum Gasteiger partial charge on any atom is 0.230 e. The summed E-state index contributed by atoms with van der Waals surface area (Å²) in [4.78, 5) is 11.7. The molecule has 0 spiro atoms. The second-order valence-electron chi connectivity index (χ2n) is 3.60. The van der Waals surface area contributed by atoms with E-state index in [1.54, 1.807) is 0 Å². The summed E-state index contributed by atoms with van der Waals surface area (Å²) in [5, 5.41) is 6.11. The summed E-state index contributed by atoms with van der Waals surface area (Å²) >= 11 is 0. The van der Waals surface area contributed by atoms with E-state index in [2.05, 4.69) is 10.6 Å². The Morgan fingerprint density at radius 3 is 2.64 bits per heavy atom. The minimum atomic E-state index is -0.0487. The van der Waals surface area contributed by atoms with Crippen LogP contribution in [0.4, 0.5) is 0 Å². The Hall–Kier alpha value is -1.35. The Bertz CT molecular complexity index is 323. The van der Waals surface area contributed by atoms with Gasteiger partial charge in [0.05, 0.1) is 12.1 Å². The zero-order valence-electron chi connectivity index (χ0n) is 8.16. The predicted octanol–water partition coefficient (Wildman–Crippen LogP) is 0.836. The average molecular weight is 190 g/mol. The zero-order chi connectivity index (χ0) is 9.97. The van der Waals surface area contributed by atoms with Gasteiger partial charge in [-0.2, -0.15) is 0 Å². The molecule has 2 unspecified atom stereocenters. The van der Waals surface area contributed by atoms with E-state index in [1.165, 1.54) is 0 Å². The number of carbonyl (C=O) groups is 1. The van der Waals surface area contributed by atoms with E-state index in [-0.39, 0.29) is 18.0 Å². The summed E-state index contributed by atoms with van der Waals surface area (Å²) in [7, 11) is 0. The van der Waals surface area contributed by atoms with Crippen LogP contribution in [0.1, 0.15) is 18.4 Å². The van der Waals surface area contributed by atoms with Gasteiger partial charge in [-0.15, -0.1) is 0 Å². The van der Waals surface area contributed by atoms with E-state index in [0.717, 1.165) is 12.1 Å². The van der Waals surface area contributed by atoms with Crippen LogP contribution in [-0.4, -0.2) is 18.6 Å². The van der Waals surface area contributed by atoms with Crippen molar-refractivity contribution in [3.63, 3.8) is 0 Å². The van der Waals surface area contributed by atoms with E-state index in [9.17, 15) is 4.79 Å². The molecular formula is C11H14N2O. The molecule has 0 saturated carbocycles. The summed E-state index contributed by atoms with van der Waals surface area (Å²) in [5.74, 6) is 0.0647. The number of nitrogens with one attached hydrogen (secondary N) is 2. The first-order chi connectivity index (χ1) is 6.77. The highest BCUT2D eigenvalue weighted by atomic mass is 16.2. The zero-order valence-corrected chi connectivity index (χ0v) is 8.16. The van der Waals surface area contributed by atoms with Crippen LogP contribution in [0.3, 0.4) is 0 Å². The number of hydrogen-bond acceptors (Lipinski definition) is 2. The van der Waals surface area contributed by atoms with Crippen molar-refractivity contribution in [2.75, 3.05) is 6.54 Å². The maximum absolute atomic E-state index is 11.7. The van der Waals surface area contributed by atoms with Gasteiger partial charge in [0.15, 0.2) is 0 Å². The summed E-state index contributed by atoms with van der Waals surface area (Å²) in [6.07, 6.45) is 0.0856. The lowest BCUT2D eigenvalue weighted by molar-refractivity contribution is -0.124. The minimum absolute atomic E-state index is 0.0487. The lowest BCUT2D eigenvalue weighted by Crippen LogP contribution is -2.53. The quantitative estimate of drug-likeness (QED) is 0.689. The lowest BCUT2D eigenvalue weighted by Gasteiger charge is -2.28. The SMILES string of the molecule is CC1NCC(c2ccccc2)C(=O)N1. The van der Waals surface area contributed by atoms with Crippen LogP contribution in [-0.2, 0) is 4.79 Å². The summed E-state index contributed by atoms with van der Waals surface area (Å²) in [5.41, 5.74) is 1.07. The van der Waals surface area contributed by atoms with Crippen molar-refractivity contribution in [1.82, 2.24) is 10.6 Å². The van der Waals surface area contributed by atoms with Crippen LogP contribution in [0.2, 0.25) is 0 Å². The summed E-state index contributed by atoms with van der Waals surface area (Å²) in [6.45, 7) is 2.66. The third-order valence-electron chi connectivity index (χ3n) is 2.51. The second-order valence-corrected chi connectivity index (χ2v) is 3.60. The third kappa shape index (κ3) is 1.77. The van der Waals surface area contributed by atoms with Gasteiger partial charge in [0.1, 0.15) is 0 Å². The molecule has 3 nitrogen and oxygen atoms in total. The Balaban J connectivity index is 2.16. The normalized spacial score (nSPS) is 27.1. The molecule has 1 aliphatic rings. The number of carbonyl (C=O) groups excluding carboxylic acids is 1. The molecule has 0 aliphatic carbocycles. The van der Waals surface area contributed by atoms with Crippen LogP contribution >= 0.6 is 0 Å².